The van der Waals surface area contributed by atoms with Crippen molar-refractivity contribution in [1.29, 1.82) is 0 Å². The molecule has 2 atom stereocenters. The van der Waals surface area contributed by atoms with E-state index in [1.807, 2.05) is 0 Å². The third-order valence-electron chi connectivity index (χ3n) is 4.90. The van der Waals surface area contributed by atoms with E-state index in [-0.39, 0.29) is 24.1 Å². The van der Waals surface area contributed by atoms with Crippen molar-refractivity contribution in [2.75, 3.05) is 6.61 Å². The summed E-state index contributed by atoms with van der Waals surface area (Å²) in [6.07, 6.45) is 4.37. The molecular formula is C18H23N3O4S. The monoisotopic (exact) mass is 377 g/mol. The van der Waals surface area contributed by atoms with E-state index in [1.54, 1.807) is 13.8 Å². The summed E-state index contributed by atoms with van der Waals surface area (Å²) in [4.78, 5) is 44.2. The van der Waals surface area contributed by atoms with Crippen molar-refractivity contribution >= 4 is 33.4 Å². The highest BCUT2D eigenvalue weighted by atomic mass is 32.1. The summed E-state index contributed by atoms with van der Waals surface area (Å²) in [5, 5.41) is 3.35. The standard InChI is InChI=1S/C18H23N3O4S/c1-9-6-4-5-7-12(9)21-13(22)8-25-18(24)15-10(2)14-16(23)19-11(3)20-17(14)26-15/h9,12H,4-8H2,1-3H3,(H,21,22)(H,19,20,23)/t9-,12+/m0/s1. The summed E-state index contributed by atoms with van der Waals surface area (Å²) < 4.78 is 5.17. The number of H-pyrrole nitrogens is 1. The third kappa shape index (κ3) is 3.80. The molecule has 1 saturated carbocycles. The second-order valence-electron chi connectivity index (χ2n) is 6.90. The summed E-state index contributed by atoms with van der Waals surface area (Å²) in [6, 6.07) is 0.145. The summed E-state index contributed by atoms with van der Waals surface area (Å²) in [5.41, 5.74) is 0.259. The normalized spacial score (nSPS) is 20.1. The Bertz CT molecular complexity index is 902. The summed E-state index contributed by atoms with van der Waals surface area (Å²) >= 11 is 1.11. The number of nitrogens with one attached hydrogen (secondary N) is 2. The maximum atomic E-state index is 12.4. The van der Waals surface area contributed by atoms with Crippen molar-refractivity contribution in [2.45, 2.75) is 52.5 Å². The number of rotatable bonds is 4. The molecule has 140 valence electrons. The van der Waals surface area contributed by atoms with Gasteiger partial charge in [0.2, 0.25) is 0 Å². The molecule has 1 aliphatic carbocycles. The number of carbonyl (C=O) groups excluding carboxylic acids is 2. The second-order valence-corrected chi connectivity index (χ2v) is 7.90. The molecule has 2 N–H and O–H groups in total. The fourth-order valence-corrected chi connectivity index (χ4v) is 4.54. The van der Waals surface area contributed by atoms with Crippen LogP contribution >= 0.6 is 11.3 Å². The van der Waals surface area contributed by atoms with Crippen molar-refractivity contribution in [1.82, 2.24) is 15.3 Å². The molecule has 1 aliphatic rings. The number of hydrogen-bond acceptors (Lipinski definition) is 6. The molecule has 0 spiro atoms. The van der Waals surface area contributed by atoms with Gasteiger partial charge in [0.25, 0.3) is 11.5 Å². The minimum atomic E-state index is -0.602. The van der Waals surface area contributed by atoms with Crippen LogP contribution in [0.5, 0.6) is 0 Å². The number of carbonyl (C=O) groups is 2. The van der Waals surface area contributed by atoms with Gasteiger partial charge >= 0.3 is 5.97 Å². The Balaban J connectivity index is 1.66. The van der Waals surface area contributed by atoms with Gasteiger partial charge in [0, 0.05) is 6.04 Å². The molecule has 7 nitrogen and oxygen atoms in total. The predicted molar refractivity (Wildman–Crippen MR) is 99.6 cm³/mol. The van der Waals surface area contributed by atoms with E-state index < -0.39 is 5.97 Å². The van der Waals surface area contributed by atoms with Crippen LogP contribution in [0.2, 0.25) is 0 Å². The van der Waals surface area contributed by atoms with Gasteiger partial charge in [-0.15, -0.1) is 11.3 Å². The molecule has 0 aliphatic heterocycles. The molecule has 2 heterocycles. The average molecular weight is 377 g/mol. The number of amides is 1. The molecule has 0 aromatic carbocycles. The van der Waals surface area contributed by atoms with E-state index in [2.05, 4.69) is 22.2 Å². The largest absolute Gasteiger partial charge is 0.451 e. The second kappa shape index (κ2) is 7.57. The minimum absolute atomic E-state index is 0.145. The Kier molecular flexibility index (Phi) is 5.41. The fourth-order valence-electron chi connectivity index (χ4n) is 3.42. The molecule has 0 unspecified atom stereocenters. The van der Waals surface area contributed by atoms with Crippen LogP contribution in [0.4, 0.5) is 0 Å². The van der Waals surface area contributed by atoms with Crippen LogP contribution in [-0.4, -0.2) is 34.5 Å². The van der Waals surface area contributed by atoms with Gasteiger partial charge in [-0.25, -0.2) is 9.78 Å². The first-order valence-corrected chi connectivity index (χ1v) is 9.65. The highest BCUT2D eigenvalue weighted by molar-refractivity contribution is 7.20. The molecule has 26 heavy (non-hydrogen) atoms. The molecule has 1 fully saturated rings. The number of aromatic amines is 1. The number of fused-ring (bicyclic) bond motifs is 1. The number of ether oxygens (including phenoxy) is 1. The lowest BCUT2D eigenvalue weighted by Crippen LogP contribution is -2.42. The van der Waals surface area contributed by atoms with Gasteiger partial charge in [-0.3, -0.25) is 9.59 Å². The van der Waals surface area contributed by atoms with E-state index in [9.17, 15) is 14.4 Å². The maximum Gasteiger partial charge on any atom is 0.349 e. The zero-order valence-corrected chi connectivity index (χ0v) is 16.0. The molecule has 8 heteroatoms. The molecule has 1 amide bonds. The zero-order valence-electron chi connectivity index (χ0n) is 15.2. The predicted octanol–water partition coefficient (Wildman–Crippen LogP) is 2.45. The van der Waals surface area contributed by atoms with Crippen molar-refractivity contribution in [3.8, 4) is 0 Å². The number of hydrogen-bond donors (Lipinski definition) is 2. The Morgan fingerprint density at radius 2 is 2.04 bits per heavy atom. The van der Waals surface area contributed by atoms with Crippen molar-refractivity contribution in [3.05, 3.63) is 26.6 Å². The smallest absolute Gasteiger partial charge is 0.349 e. The first-order valence-electron chi connectivity index (χ1n) is 8.83. The summed E-state index contributed by atoms with van der Waals surface area (Å²) in [7, 11) is 0. The van der Waals surface area contributed by atoms with E-state index in [0.717, 1.165) is 30.6 Å². The van der Waals surface area contributed by atoms with E-state index in [1.165, 1.54) is 6.42 Å². The Morgan fingerprint density at radius 1 is 1.31 bits per heavy atom. The minimum Gasteiger partial charge on any atom is -0.451 e. The highest BCUT2D eigenvalue weighted by Crippen LogP contribution is 2.27. The first kappa shape index (κ1) is 18.6. The number of thiophene rings is 1. The topological polar surface area (TPSA) is 101 Å². The van der Waals surface area contributed by atoms with Crippen LogP contribution in [0.25, 0.3) is 10.2 Å². The highest BCUT2D eigenvalue weighted by Gasteiger charge is 2.24. The average Bonchev–Trinajstić information content (AvgIpc) is 2.91. The van der Waals surface area contributed by atoms with Gasteiger partial charge in [-0.1, -0.05) is 19.8 Å². The van der Waals surface area contributed by atoms with Crippen molar-refractivity contribution in [2.24, 2.45) is 5.92 Å². The van der Waals surface area contributed by atoms with Crippen molar-refractivity contribution in [3.63, 3.8) is 0 Å². The lowest BCUT2D eigenvalue weighted by atomic mass is 9.86. The molecule has 0 saturated heterocycles. The molecule has 2 aromatic rings. The Labute approximate surface area is 155 Å². The lowest BCUT2D eigenvalue weighted by molar-refractivity contribution is -0.125. The summed E-state index contributed by atoms with van der Waals surface area (Å²) in [5.74, 6) is 0.0380. The van der Waals surface area contributed by atoms with Crippen LogP contribution in [0.15, 0.2) is 4.79 Å². The van der Waals surface area contributed by atoms with Gasteiger partial charge in [0.1, 0.15) is 15.5 Å². The lowest BCUT2D eigenvalue weighted by Gasteiger charge is -2.29. The van der Waals surface area contributed by atoms with Crippen LogP contribution < -0.4 is 10.9 Å². The first-order chi connectivity index (χ1) is 12.4. The molecule has 0 bridgehead atoms. The van der Waals surface area contributed by atoms with Crippen LogP contribution in [0.1, 0.15) is 53.7 Å². The zero-order chi connectivity index (χ0) is 18.8. The van der Waals surface area contributed by atoms with Crippen LogP contribution in [0, 0.1) is 19.8 Å². The quantitative estimate of drug-likeness (QED) is 0.797. The maximum absolute atomic E-state index is 12.4. The number of esters is 1. The van der Waals surface area contributed by atoms with E-state index in [4.69, 9.17) is 4.74 Å². The van der Waals surface area contributed by atoms with Gasteiger partial charge in [-0.05, 0) is 38.2 Å². The number of aryl methyl sites for hydroxylation is 2. The fraction of sp³-hybridized carbons (Fsp3) is 0.556. The van der Waals surface area contributed by atoms with Crippen LogP contribution in [0.3, 0.4) is 0 Å². The van der Waals surface area contributed by atoms with Gasteiger partial charge in [-0.2, -0.15) is 0 Å². The molecule has 0 radical (unpaired) electrons. The number of aromatic nitrogens is 2. The van der Waals surface area contributed by atoms with Crippen molar-refractivity contribution < 1.29 is 14.3 Å². The van der Waals surface area contributed by atoms with Crippen LogP contribution in [-0.2, 0) is 9.53 Å². The molecule has 2 aromatic heterocycles. The SMILES string of the molecule is Cc1nc2sc(C(=O)OCC(=O)N[C@@H]3CCCC[C@@H]3C)c(C)c2c(=O)[nH]1. The Morgan fingerprint density at radius 3 is 2.77 bits per heavy atom. The summed E-state index contributed by atoms with van der Waals surface area (Å²) in [6.45, 7) is 5.18. The van der Waals surface area contributed by atoms with Gasteiger partial charge < -0.3 is 15.0 Å². The number of nitrogens with zero attached hydrogens (tertiary/aromatic N) is 1. The third-order valence-corrected chi connectivity index (χ3v) is 6.06. The van der Waals surface area contributed by atoms with E-state index >= 15 is 0 Å². The molecular weight excluding hydrogens is 354 g/mol. The Hall–Kier alpha value is -2.22. The van der Waals surface area contributed by atoms with Gasteiger partial charge in [0.05, 0.1) is 5.39 Å². The van der Waals surface area contributed by atoms with Gasteiger partial charge in [0.15, 0.2) is 6.61 Å². The van der Waals surface area contributed by atoms with E-state index in [0.29, 0.717) is 32.4 Å². The molecule has 3 rings (SSSR count).